The summed E-state index contributed by atoms with van der Waals surface area (Å²) in [6.45, 7) is 2.55. The van der Waals surface area contributed by atoms with E-state index in [0.717, 1.165) is 37.1 Å². The molecule has 1 aromatic rings. The molecule has 2 atom stereocenters. The lowest BCUT2D eigenvalue weighted by atomic mass is 9.84. The van der Waals surface area contributed by atoms with Gasteiger partial charge in [0.05, 0.1) is 12.5 Å². The maximum Gasteiger partial charge on any atom is 0.229 e. The van der Waals surface area contributed by atoms with Crippen molar-refractivity contribution in [1.82, 2.24) is 0 Å². The normalized spacial score (nSPS) is 22.8. The average molecular weight is 262 g/mol. The molecule has 1 fully saturated rings. The van der Waals surface area contributed by atoms with Gasteiger partial charge in [0, 0.05) is 17.8 Å². The number of nitrogens with two attached hydrogens (primary N) is 1. The first-order valence-corrected chi connectivity index (χ1v) is 7.00. The van der Waals surface area contributed by atoms with E-state index in [1.807, 2.05) is 31.2 Å². The van der Waals surface area contributed by atoms with Crippen molar-refractivity contribution < 1.29 is 9.53 Å². The van der Waals surface area contributed by atoms with E-state index in [9.17, 15) is 4.79 Å². The smallest absolute Gasteiger partial charge is 0.229 e. The maximum absolute atomic E-state index is 12.2. The first-order chi connectivity index (χ1) is 9.20. The molecule has 1 aromatic carbocycles. The molecule has 0 spiro atoms. The number of carbonyl (C=O) groups excluding carboxylic acids is 1. The fraction of sp³-hybridized carbons (Fsp3) is 0.533. The first-order valence-electron chi connectivity index (χ1n) is 7.00. The summed E-state index contributed by atoms with van der Waals surface area (Å²) < 4.78 is 5.42. The van der Waals surface area contributed by atoms with E-state index >= 15 is 0 Å². The lowest BCUT2D eigenvalue weighted by Crippen LogP contribution is -2.40. The van der Waals surface area contributed by atoms with Gasteiger partial charge in [0.2, 0.25) is 5.91 Å². The number of hydrogen-bond donors (Lipinski definition) is 2. The van der Waals surface area contributed by atoms with Crippen molar-refractivity contribution in [2.75, 3.05) is 11.9 Å². The number of ether oxygens (including phenoxy) is 1. The van der Waals surface area contributed by atoms with E-state index in [0.29, 0.717) is 6.61 Å². The third-order valence-electron chi connectivity index (χ3n) is 3.57. The van der Waals surface area contributed by atoms with Crippen molar-refractivity contribution in [3.05, 3.63) is 24.3 Å². The molecule has 4 heteroatoms. The number of hydrogen-bond acceptors (Lipinski definition) is 3. The average Bonchev–Trinajstić information content (AvgIpc) is 2.40. The van der Waals surface area contributed by atoms with Crippen LogP contribution in [-0.2, 0) is 4.79 Å². The summed E-state index contributed by atoms with van der Waals surface area (Å²) in [5.74, 6) is 0.735. The second-order valence-corrected chi connectivity index (χ2v) is 5.00. The van der Waals surface area contributed by atoms with Crippen LogP contribution in [0, 0.1) is 5.92 Å². The molecule has 19 heavy (non-hydrogen) atoms. The minimum atomic E-state index is -0.0653. The molecule has 104 valence electrons. The van der Waals surface area contributed by atoms with Crippen molar-refractivity contribution >= 4 is 11.6 Å². The highest BCUT2D eigenvalue weighted by atomic mass is 16.5. The molecule has 0 heterocycles. The standard InChI is InChI=1S/C15H22N2O2/c1-2-19-12-7-5-6-11(10-12)17-15(18)13-8-3-4-9-14(13)16/h5-7,10,13-14H,2-4,8-9,16H2,1H3,(H,17,18). The molecule has 0 radical (unpaired) electrons. The van der Waals surface area contributed by atoms with Crippen LogP contribution in [0.2, 0.25) is 0 Å². The van der Waals surface area contributed by atoms with Crippen LogP contribution in [0.15, 0.2) is 24.3 Å². The van der Waals surface area contributed by atoms with Crippen LogP contribution in [0.4, 0.5) is 5.69 Å². The Kier molecular flexibility index (Phi) is 4.80. The van der Waals surface area contributed by atoms with Crippen molar-refractivity contribution in [2.45, 2.75) is 38.6 Å². The number of rotatable bonds is 4. The number of amides is 1. The van der Waals surface area contributed by atoms with Crippen LogP contribution in [0.25, 0.3) is 0 Å². The van der Waals surface area contributed by atoms with Gasteiger partial charge in [0.1, 0.15) is 5.75 Å². The maximum atomic E-state index is 12.2. The molecule has 0 saturated heterocycles. The van der Waals surface area contributed by atoms with Gasteiger partial charge in [-0.05, 0) is 31.9 Å². The van der Waals surface area contributed by atoms with E-state index in [1.54, 1.807) is 0 Å². The highest BCUT2D eigenvalue weighted by Gasteiger charge is 2.28. The topological polar surface area (TPSA) is 64.3 Å². The van der Waals surface area contributed by atoms with E-state index in [4.69, 9.17) is 10.5 Å². The number of carbonyl (C=O) groups is 1. The predicted molar refractivity (Wildman–Crippen MR) is 76.2 cm³/mol. The molecule has 4 nitrogen and oxygen atoms in total. The Hall–Kier alpha value is -1.55. The summed E-state index contributed by atoms with van der Waals surface area (Å²) in [7, 11) is 0. The minimum absolute atomic E-state index is 0.0103. The second-order valence-electron chi connectivity index (χ2n) is 5.00. The molecule has 0 aliphatic heterocycles. The lowest BCUT2D eigenvalue weighted by molar-refractivity contribution is -0.121. The fourth-order valence-electron chi connectivity index (χ4n) is 2.55. The Morgan fingerprint density at radius 3 is 2.95 bits per heavy atom. The molecule has 1 amide bonds. The summed E-state index contributed by atoms with van der Waals surface area (Å²) in [5.41, 5.74) is 6.80. The highest BCUT2D eigenvalue weighted by Crippen LogP contribution is 2.25. The Morgan fingerprint density at radius 2 is 2.21 bits per heavy atom. The van der Waals surface area contributed by atoms with Gasteiger partial charge in [0.15, 0.2) is 0 Å². The quantitative estimate of drug-likeness (QED) is 0.876. The van der Waals surface area contributed by atoms with Crippen LogP contribution >= 0.6 is 0 Å². The van der Waals surface area contributed by atoms with E-state index in [2.05, 4.69) is 5.32 Å². The van der Waals surface area contributed by atoms with Crippen molar-refractivity contribution in [2.24, 2.45) is 11.7 Å². The Balaban J connectivity index is 1.99. The third-order valence-corrected chi connectivity index (χ3v) is 3.57. The van der Waals surface area contributed by atoms with Gasteiger partial charge < -0.3 is 15.8 Å². The zero-order valence-electron chi connectivity index (χ0n) is 11.4. The van der Waals surface area contributed by atoms with Crippen molar-refractivity contribution in [3.8, 4) is 5.75 Å². The summed E-state index contributed by atoms with van der Waals surface area (Å²) >= 11 is 0. The van der Waals surface area contributed by atoms with Gasteiger partial charge in [-0.3, -0.25) is 4.79 Å². The predicted octanol–water partition coefficient (Wildman–Crippen LogP) is 2.54. The van der Waals surface area contributed by atoms with E-state index < -0.39 is 0 Å². The number of benzene rings is 1. The van der Waals surface area contributed by atoms with Crippen LogP contribution in [0.3, 0.4) is 0 Å². The lowest BCUT2D eigenvalue weighted by Gasteiger charge is -2.27. The van der Waals surface area contributed by atoms with Crippen molar-refractivity contribution in [3.63, 3.8) is 0 Å². The van der Waals surface area contributed by atoms with Crippen LogP contribution in [-0.4, -0.2) is 18.6 Å². The van der Waals surface area contributed by atoms with Gasteiger partial charge in [-0.15, -0.1) is 0 Å². The first kappa shape index (κ1) is 13.9. The van der Waals surface area contributed by atoms with E-state index in [-0.39, 0.29) is 17.9 Å². The molecule has 0 aromatic heterocycles. The SMILES string of the molecule is CCOc1cccc(NC(=O)C2CCCCC2N)c1. The van der Waals surface area contributed by atoms with Gasteiger partial charge in [-0.2, -0.15) is 0 Å². The molecule has 0 bridgehead atoms. The summed E-state index contributed by atoms with van der Waals surface area (Å²) in [6.07, 6.45) is 4.05. The zero-order chi connectivity index (χ0) is 13.7. The van der Waals surface area contributed by atoms with Crippen LogP contribution in [0.5, 0.6) is 5.75 Å². The monoisotopic (exact) mass is 262 g/mol. The van der Waals surface area contributed by atoms with Crippen LogP contribution in [0.1, 0.15) is 32.6 Å². The third kappa shape index (κ3) is 3.70. The van der Waals surface area contributed by atoms with Crippen molar-refractivity contribution in [1.29, 1.82) is 0 Å². The molecule has 1 aliphatic rings. The Labute approximate surface area is 114 Å². The number of nitrogens with one attached hydrogen (secondary N) is 1. The Morgan fingerprint density at radius 1 is 1.42 bits per heavy atom. The highest BCUT2D eigenvalue weighted by molar-refractivity contribution is 5.93. The van der Waals surface area contributed by atoms with Gasteiger partial charge >= 0.3 is 0 Å². The van der Waals surface area contributed by atoms with Gasteiger partial charge in [0.25, 0.3) is 0 Å². The van der Waals surface area contributed by atoms with E-state index in [1.165, 1.54) is 0 Å². The molecule has 2 rings (SSSR count). The minimum Gasteiger partial charge on any atom is -0.494 e. The molecule has 1 saturated carbocycles. The fourth-order valence-corrected chi connectivity index (χ4v) is 2.55. The summed E-state index contributed by atoms with van der Waals surface area (Å²) in [4.78, 5) is 12.2. The second kappa shape index (κ2) is 6.57. The molecular formula is C15H22N2O2. The van der Waals surface area contributed by atoms with Gasteiger partial charge in [-0.25, -0.2) is 0 Å². The van der Waals surface area contributed by atoms with Gasteiger partial charge in [-0.1, -0.05) is 18.9 Å². The Bertz CT molecular complexity index is 434. The zero-order valence-corrected chi connectivity index (χ0v) is 11.4. The molecule has 1 aliphatic carbocycles. The largest absolute Gasteiger partial charge is 0.494 e. The molecule has 2 unspecified atom stereocenters. The molecular weight excluding hydrogens is 240 g/mol. The van der Waals surface area contributed by atoms with Crippen LogP contribution < -0.4 is 15.8 Å². The molecule has 3 N–H and O–H groups in total. The number of anilines is 1. The summed E-state index contributed by atoms with van der Waals surface area (Å²) in [6, 6.07) is 7.46. The summed E-state index contributed by atoms with van der Waals surface area (Å²) in [5, 5.41) is 2.94.